The Hall–Kier alpha value is -0.820. The van der Waals surface area contributed by atoms with Crippen molar-refractivity contribution < 1.29 is 4.74 Å². The van der Waals surface area contributed by atoms with Crippen molar-refractivity contribution in [2.24, 2.45) is 0 Å². The second-order valence-corrected chi connectivity index (χ2v) is 3.75. The molecule has 1 nitrogen and oxygen atoms in total. The van der Waals surface area contributed by atoms with Gasteiger partial charge in [0, 0.05) is 12.5 Å². The minimum atomic E-state index is 0.447. The highest BCUT2D eigenvalue weighted by Crippen LogP contribution is 2.27. The summed E-state index contributed by atoms with van der Waals surface area (Å²) in [6.07, 6.45) is 2.89. The number of ether oxygens (including phenoxy) is 1. The molecule has 1 saturated heterocycles. The fourth-order valence-corrected chi connectivity index (χ4v) is 1.97. The van der Waals surface area contributed by atoms with Gasteiger partial charge in [-0.2, -0.15) is 0 Å². The second-order valence-electron chi connectivity index (χ2n) is 3.75. The molecular weight excluding hydrogens is 160 g/mol. The van der Waals surface area contributed by atoms with Gasteiger partial charge >= 0.3 is 0 Å². The molecule has 0 saturated carbocycles. The van der Waals surface area contributed by atoms with E-state index in [0.29, 0.717) is 12.0 Å². The molecular formula is C12H16O. The maximum absolute atomic E-state index is 5.67. The van der Waals surface area contributed by atoms with Crippen LogP contribution >= 0.6 is 0 Å². The summed E-state index contributed by atoms with van der Waals surface area (Å²) in [5.74, 6) is 0.545. The molecule has 0 unspecified atom stereocenters. The zero-order valence-corrected chi connectivity index (χ0v) is 8.07. The van der Waals surface area contributed by atoms with Crippen LogP contribution in [0.25, 0.3) is 0 Å². The van der Waals surface area contributed by atoms with Crippen molar-refractivity contribution in [3.63, 3.8) is 0 Å². The van der Waals surface area contributed by atoms with Crippen LogP contribution in [0, 0.1) is 0 Å². The molecule has 0 radical (unpaired) electrons. The van der Waals surface area contributed by atoms with Crippen molar-refractivity contribution >= 4 is 0 Å². The van der Waals surface area contributed by atoms with Crippen LogP contribution in [0.4, 0.5) is 0 Å². The highest BCUT2D eigenvalue weighted by Gasteiger charge is 2.22. The third-order valence-corrected chi connectivity index (χ3v) is 2.85. The van der Waals surface area contributed by atoms with E-state index in [0.717, 1.165) is 6.61 Å². The molecule has 13 heavy (non-hydrogen) atoms. The molecule has 1 heteroatoms. The van der Waals surface area contributed by atoms with Crippen molar-refractivity contribution in [3.05, 3.63) is 35.9 Å². The largest absolute Gasteiger partial charge is 0.378 e. The Kier molecular flexibility index (Phi) is 2.65. The maximum atomic E-state index is 5.67. The summed E-state index contributed by atoms with van der Waals surface area (Å²) in [5, 5.41) is 0. The van der Waals surface area contributed by atoms with Crippen molar-refractivity contribution in [2.45, 2.75) is 31.8 Å². The lowest BCUT2D eigenvalue weighted by molar-refractivity contribution is 0.0932. The van der Waals surface area contributed by atoms with Crippen LogP contribution in [0.1, 0.15) is 31.2 Å². The molecule has 0 N–H and O–H groups in total. The molecule has 1 heterocycles. The summed E-state index contributed by atoms with van der Waals surface area (Å²) >= 11 is 0. The minimum Gasteiger partial charge on any atom is -0.378 e. The zero-order valence-electron chi connectivity index (χ0n) is 8.07. The molecule has 0 spiro atoms. The Bertz CT molecular complexity index is 249. The molecule has 0 amide bonds. The van der Waals surface area contributed by atoms with Gasteiger partial charge in [0.1, 0.15) is 0 Å². The van der Waals surface area contributed by atoms with E-state index in [9.17, 15) is 0 Å². The van der Waals surface area contributed by atoms with Gasteiger partial charge in [0.05, 0.1) is 6.10 Å². The van der Waals surface area contributed by atoms with E-state index in [4.69, 9.17) is 4.74 Å². The van der Waals surface area contributed by atoms with Gasteiger partial charge in [-0.15, -0.1) is 0 Å². The average Bonchev–Trinajstić information content (AvgIpc) is 2.71. The Morgan fingerprint density at radius 2 is 2.08 bits per heavy atom. The number of rotatable bonds is 2. The van der Waals surface area contributed by atoms with Crippen molar-refractivity contribution in [3.8, 4) is 0 Å². The van der Waals surface area contributed by atoms with Crippen LogP contribution in [-0.4, -0.2) is 12.7 Å². The van der Waals surface area contributed by atoms with E-state index in [1.54, 1.807) is 0 Å². The third-order valence-electron chi connectivity index (χ3n) is 2.85. The van der Waals surface area contributed by atoms with Gasteiger partial charge in [0.2, 0.25) is 0 Å². The molecule has 70 valence electrons. The molecule has 1 aliphatic rings. The molecule has 0 aliphatic carbocycles. The van der Waals surface area contributed by atoms with Crippen molar-refractivity contribution in [1.82, 2.24) is 0 Å². The van der Waals surface area contributed by atoms with Gasteiger partial charge in [-0.3, -0.25) is 0 Å². The SMILES string of the molecule is C[C@@H](c1ccccc1)[C@@H]1CCCO1. The average molecular weight is 176 g/mol. The van der Waals surface area contributed by atoms with E-state index in [1.165, 1.54) is 18.4 Å². The second kappa shape index (κ2) is 3.93. The number of hydrogen-bond acceptors (Lipinski definition) is 1. The van der Waals surface area contributed by atoms with E-state index in [2.05, 4.69) is 37.3 Å². The van der Waals surface area contributed by atoms with Crippen LogP contribution in [-0.2, 0) is 4.74 Å². The van der Waals surface area contributed by atoms with Gasteiger partial charge < -0.3 is 4.74 Å². The van der Waals surface area contributed by atoms with E-state index >= 15 is 0 Å². The monoisotopic (exact) mass is 176 g/mol. The molecule has 2 atom stereocenters. The standard InChI is InChI=1S/C12H16O/c1-10(12-8-5-9-13-12)11-6-3-2-4-7-11/h2-4,6-7,10,12H,5,8-9H2,1H3/t10-,12-/m0/s1. The van der Waals surface area contributed by atoms with Gasteiger partial charge in [-0.05, 0) is 18.4 Å². The zero-order chi connectivity index (χ0) is 9.10. The first-order chi connectivity index (χ1) is 6.38. The van der Waals surface area contributed by atoms with Gasteiger partial charge in [0.15, 0.2) is 0 Å². The Morgan fingerprint density at radius 3 is 2.69 bits per heavy atom. The highest BCUT2D eigenvalue weighted by molar-refractivity contribution is 5.20. The normalized spacial score (nSPS) is 24.5. The summed E-state index contributed by atoms with van der Waals surface area (Å²) in [6, 6.07) is 10.6. The van der Waals surface area contributed by atoms with Gasteiger partial charge in [-0.1, -0.05) is 37.3 Å². The summed E-state index contributed by atoms with van der Waals surface area (Å²) in [7, 11) is 0. The quantitative estimate of drug-likeness (QED) is 0.673. The first kappa shape index (κ1) is 8.76. The first-order valence-electron chi connectivity index (χ1n) is 5.04. The predicted molar refractivity (Wildman–Crippen MR) is 53.8 cm³/mol. The Balaban J connectivity index is 2.08. The summed E-state index contributed by atoms with van der Waals surface area (Å²) in [5.41, 5.74) is 1.40. The van der Waals surface area contributed by atoms with Crippen LogP contribution in [0.2, 0.25) is 0 Å². The smallest absolute Gasteiger partial charge is 0.0641 e. The molecule has 0 bridgehead atoms. The Morgan fingerprint density at radius 1 is 1.31 bits per heavy atom. The fourth-order valence-electron chi connectivity index (χ4n) is 1.97. The molecule has 0 aromatic heterocycles. The van der Waals surface area contributed by atoms with E-state index in [-0.39, 0.29) is 0 Å². The number of hydrogen-bond donors (Lipinski definition) is 0. The van der Waals surface area contributed by atoms with Crippen molar-refractivity contribution in [2.75, 3.05) is 6.61 Å². The third kappa shape index (κ3) is 1.92. The lowest BCUT2D eigenvalue weighted by Gasteiger charge is -2.18. The lowest BCUT2D eigenvalue weighted by Crippen LogP contribution is -2.14. The summed E-state index contributed by atoms with van der Waals surface area (Å²) < 4.78 is 5.67. The molecule has 1 aliphatic heterocycles. The van der Waals surface area contributed by atoms with Gasteiger partial charge in [0.25, 0.3) is 0 Å². The summed E-state index contributed by atoms with van der Waals surface area (Å²) in [6.45, 7) is 3.20. The van der Waals surface area contributed by atoms with Crippen LogP contribution < -0.4 is 0 Å². The lowest BCUT2D eigenvalue weighted by atomic mass is 9.94. The molecule has 1 aromatic rings. The Labute approximate surface area is 79.7 Å². The molecule has 1 fully saturated rings. The van der Waals surface area contributed by atoms with E-state index < -0.39 is 0 Å². The topological polar surface area (TPSA) is 9.23 Å². The molecule has 1 aromatic carbocycles. The maximum Gasteiger partial charge on any atom is 0.0641 e. The van der Waals surface area contributed by atoms with Crippen LogP contribution in [0.5, 0.6) is 0 Å². The van der Waals surface area contributed by atoms with Gasteiger partial charge in [-0.25, -0.2) is 0 Å². The van der Waals surface area contributed by atoms with E-state index in [1.807, 2.05) is 0 Å². The predicted octanol–water partition coefficient (Wildman–Crippen LogP) is 2.97. The van der Waals surface area contributed by atoms with Crippen LogP contribution in [0.3, 0.4) is 0 Å². The first-order valence-corrected chi connectivity index (χ1v) is 5.04. The minimum absolute atomic E-state index is 0.447. The van der Waals surface area contributed by atoms with Crippen LogP contribution in [0.15, 0.2) is 30.3 Å². The fraction of sp³-hybridized carbons (Fsp3) is 0.500. The number of benzene rings is 1. The summed E-state index contributed by atoms with van der Waals surface area (Å²) in [4.78, 5) is 0. The van der Waals surface area contributed by atoms with Crippen molar-refractivity contribution in [1.29, 1.82) is 0 Å². The molecule has 2 rings (SSSR count). The highest BCUT2D eigenvalue weighted by atomic mass is 16.5.